The molecule has 1 fully saturated rings. The number of carbonyl (C=O) groups excluding carboxylic acids is 1. The summed E-state index contributed by atoms with van der Waals surface area (Å²) in [5.74, 6) is 0.435. The van der Waals surface area contributed by atoms with E-state index in [2.05, 4.69) is 65.1 Å². The standard InChI is InChI=1S/C30H48O3SSi/c1-8-30(21-12-22-30)27(33-35(6,7)29(2,3)4)18-11-16-24-14-9-13-23(24)15-10-17-25-19-20-26(34-25)28(31)32-5/h11,14,16,19-20,23,27H,8-10,12-13,15,17-18,21-22H2,1-7H3/b16-11+/t23-,27?/m1/s1. The highest BCUT2D eigenvalue weighted by Gasteiger charge is 2.47. The lowest BCUT2D eigenvalue weighted by Crippen LogP contribution is -2.51. The molecule has 0 N–H and O–H groups in total. The fourth-order valence-corrected chi connectivity index (χ4v) is 7.74. The molecule has 0 spiro atoms. The van der Waals surface area contributed by atoms with Crippen LogP contribution in [0, 0.1) is 11.3 Å². The summed E-state index contributed by atoms with van der Waals surface area (Å²) >= 11 is 1.57. The Kier molecular flexibility index (Phi) is 9.67. The second-order valence-electron chi connectivity index (χ2n) is 12.2. The average molecular weight is 517 g/mol. The third-order valence-corrected chi connectivity index (χ3v) is 14.6. The summed E-state index contributed by atoms with van der Waals surface area (Å²) < 4.78 is 11.9. The number of ether oxygens (including phenoxy) is 1. The van der Waals surface area contributed by atoms with Crippen molar-refractivity contribution >= 4 is 25.6 Å². The molecule has 1 aromatic heterocycles. The Balaban J connectivity index is 1.56. The first kappa shape index (κ1) is 28.4. The van der Waals surface area contributed by atoms with E-state index in [0.717, 1.165) is 19.3 Å². The summed E-state index contributed by atoms with van der Waals surface area (Å²) in [4.78, 5) is 13.7. The number of methoxy groups -OCH3 is 1. The smallest absolute Gasteiger partial charge is 0.348 e. The van der Waals surface area contributed by atoms with Crippen molar-refractivity contribution in [3.63, 3.8) is 0 Å². The summed E-state index contributed by atoms with van der Waals surface area (Å²) in [5.41, 5.74) is 1.91. The molecular formula is C30H48O3SSi. The molecule has 0 saturated heterocycles. The normalized spacial score (nSPS) is 21.1. The van der Waals surface area contributed by atoms with Crippen molar-refractivity contribution in [3.05, 3.63) is 45.7 Å². The summed E-state index contributed by atoms with van der Waals surface area (Å²) in [6.45, 7) is 14.2. The second kappa shape index (κ2) is 11.9. The summed E-state index contributed by atoms with van der Waals surface area (Å²) in [5, 5.41) is 0.243. The van der Waals surface area contributed by atoms with Gasteiger partial charge in [-0.1, -0.05) is 52.3 Å². The minimum absolute atomic E-state index is 0.227. The van der Waals surface area contributed by atoms with Gasteiger partial charge in [-0.2, -0.15) is 0 Å². The molecule has 0 radical (unpaired) electrons. The Morgan fingerprint density at radius 2 is 2.03 bits per heavy atom. The first-order chi connectivity index (χ1) is 16.5. The Morgan fingerprint density at radius 1 is 1.29 bits per heavy atom. The number of thiophene rings is 1. The van der Waals surface area contributed by atoms with Gasteiger partial charge in [0.1, 0.15) is 4.88 Å². The Hall–Kier alpha value is -1.17. The SMILES string of the molecule is CCC1(C(C/C=C/C2=CCC[C@@H]2CCCc2ccc(C(=O)OC)s2)O[Si](C)(C)C(C)(C)C)CCC1. The van der Waals surface area contributed by atoms with E-state index < -0.39 is 8.32 Å². The number of rotatable bonds is 12. The number of hydrogen-bond donors (Lipinski definition) is 0. The molecule has 196 valence electrons. The van der Waals surface area contributed by atoms with Crippen LogP contribution in [0.3, 0.4) is 0 Å². The van der Waals surface area contributed by atoms with Gasteiger partial charge in [0.25, 0.3) is 0 Å². The predicted octanol–water partition coefficient (Wildman–Crippen LogP) is 9.11. The van der Waals surface area contributed by atoms with E-state index in [0.29, 0.717) is 22.3 Å². The van der Waals surface area contributed by atoms with E-state index in [9.17, 15) is 4.79 Å². The largest absolute Gasteiger partial charge is 0.465 e. The lowest BCUT2D eigenvalue weighted by molar-refractivity contribution is -0.0272. The van der Waals surface area contributed by atoms with Crippen molar-refractivity contribution in [2.75, 3.05) is 7.11 Å². The molecule has 35 heavy (non-hydrogen) atoms. The molecule has 3 nitrogen and oxygen atoms in total. The molecule has 1 heterocycles. The number of allylic oxidation sites excluding steroid dienone is 3. The fourth-order valence-electron chi connectivity index (χ4n) is 5.36. The van der Waals surface area contributed by atoms with Gasteiger partial charge >= 0.3 is 5.97 Å². The lowest BCUT2D eigenvalue weighted by Gasteiger charge is -2.51. The van der Waals surface area contributed by atoms with Crippen molar-refractivity contribution in [1.82, 2.24) is 0 Å². The van der Waals surface area contributed by atoms with Crippen molar-refractivity contribution < 1.29 is 14.0 Å². The van der Waals surface area contributed by atoms with Crippen LogP contribution in [0.5, 0.6) is 0 Å². The highest BCUT2D eigenvalue weighted by Crippen LogP contribution is 2.51. The monoisotopic (exact) mass is 516 g/mol. The van der Waals surface area contributed by atoms with Gasteiger partial charge in [0.05, 0.1) is 13.2 Å². The van der Waals surface area contributed by atoms with Gasteiger partial charge in [-0.25, -0.2) is 4.79 Å². The zero-order valence-corrected chi connectivity index (χ0v) is 25.1. The van der Waals surface area contributed by atoms with Gasteiger partial charge < -0.3 is 9.16 Å². The summed E-state index contributed by atoms with van der Waals surface area (Å²) in [6.07, 6.45) is 19.8. The van der Waals surface area contributed by atoms with E-state index in [1.54, 1.807) is 11.3 Å². The number of aryl methyl sites for hydroxylation is 1. The van der Waals surface area contributed by atoms with Crippen LogP contribution in [-0.2, 0) is 15.6 Å². The van der Waals surface area contributed by atoms with Crippen LogP contribution in [0.25, 0.3) is 0 Å². The average Bonchev–Trinajstić information content (AvgIpc) is 3.41. The maximum absolute atomic E-state index is 11.7. The van der Waals surface area contributed by atoms with Crippen molar-refractivity contribution in [2.24, 2.45) is 11.3 Å². The first-order valence-corrected chi connectivity index (χ1v) is 17.5. The van der Waals surface area contributed by atoms with Crippen LogP contribution >= 0.6 is 11.3 Å². The van der Waals surface area contributed by atoms with E-state index in [-0.39, 0.29) is 11.0 Å². The molecule has 1 aromatic rings. The van der Waals surface area contributed by atoms with E-state index in [1.807, 2.05) is 6.07 Å². The van der Waals surface area contributed by atoms with Crippen LogP contribution in [-0.4, -0.2) is 27.5 Å². The van der Waals surface area contributed by atoms with E-state index >= 15 is 0 Å². The molecule has 1 saturated carbocycles. The molecule has 0 aliphatic heterocycles. The molecular weight excluding hydrogens is 468 g/mol. The predicted molar refractivity (Wildman–Crippen MR) is 152 cm³/mol. The molecule has 0 bridgehead atoms. The lowest BCUT2D eigenvalue weighted by atomic mass is 9.63. The number of carbonyl (C=O) groups is 1. The van der Waals surface area contributed by atoms with Gasteiger partial charge in [0, 0.05) is 4.88 Å². The molecule has 2 aliphatic rings. The van der Waals surface area contributed by atoms with Gasteiger partial charge in [0.2, 0.25) is 0 Å². The molecule has 5 heteroatoms. The van der Waals surface area contributed by atoms with E-state index in [1.165, 1.54) is 62.5 Å². The molecule has 2 aliphatic carbocycles. The minimum atomic E-state index is -1.81. The maximum Gasteiger partial charge on any atom is 0.348 e. The van der Waals surface area contributed by atoms with Crippen LogP contribution in [0.4, 0.5) is 0 Å². The number of esters is 1. The fraction of sp³-hybridized carbons (Fsp3) is 0.700. The topological polar surface area (TPSA) is 35.5 Å². The highest BCUT2D eigenvalue weighted by molar-refractivity contribution is 7.13. The quantitative estimate of drug-likeness (QED) is 0.205. The zero-order chi connectivity index (χ0) is 25.7. The van der Waals surface area contributed by atoms with Gasteiger partial charge in [0.15, 0.2) is 8.32 Å². The van der Waals surface area contributed by atoms with Gasteiger partial charge in [-0.05, 0) is 105 Å². The third kappa shape index (κ3) is 6.99. The van der Waals surface area contributed by atoms with Gasteiger partial charge in [-0.3, -0.25) is 0 Å². The summed E-state index contributed by atoms with van der Waals surface area (Å²) in [7, 11) is -0.362. The van der Waals surface area contributed by atoms with Crippen molar-refractivity contribution in [1.29, 1.82) is 0 Å². The van der Waals surface area contributed by atoms with Crippen LogP contribution in [0.15, 0.2) is 35.9 Å². The second-order valence-corrected chi connectivity index (χ2v) is 18.1. The molecule has 2 atom stereocenters. The van der Waals surface area contributed by atoms with Crippen molar-refractivity contribution in [3.8, 4) is 0 Å². The Bertz CT molecular complexity index is 895. The Morgan fingerprint density at radius 3 is 2.63 bits per heavy atom. The van der Waals surface area contributed by atoms with Crippen molar-refractivity contribution in [2.45, 2.75) is 116 Å². The highest BCUT2D eigenvalue weighted by atomic mass is 32.1. The summed E-state index contributed by atoms with van der Waals surface area (Å²) in [6, 6.07) is 3.97. The minimum Gasteiger partial charge on any atom is -0.465 e. The Labute approximate surface area is 219 Å². The van der Waals surface area contributed by atoms with Gasteiger partial charge in [-0.15, -0.1) is 11.3 Å². The van der Waals surface area contributed by atoms with Crippen LogP contribution in [0.1, 0.15) is 100 Å². The third-order valence-electron chi connectivity index (χ3n) is 9.03. The molecule has 1 unspecified atom stereocenters. The zero-order valence-electron chi connectivity index (χ0n) is 23.2. The molecule has 3 rings (SSSR count). The van der Waals surface area contributed by atoms with E-state index in [4.69, 9.17) is 9.16 Å². The first-order valence-electron chi connectivity index (χ1n) is 13.7. The molecule has 0 aromatic carbocycles. The molecule has 0 amide bonds. The number of hydrogen-bond acceptors (Lipinski definition) is 4. The maximum atomic E-state index is 11.7. The van der Waals surface area contributed by atoms with Crippen LogP contribution < -0.4 is 0 Å². The van der Waals surface area contributed by atoms with Crippen LogP contribution in [0.2, 0.25) is 18.1 Å².